The third-order valence-corrected chi connectivity index (χ3v) is 3.55. The number of carbonyl (C=O) groups is 2. The summed E-state index contributed by atoms with van der Waals surface area (Å²) in [5.74, 6) is -2.48. The van der Waals surface area contributed by atoms with Crippen molar-refractivity contribution in [3.8, 4) is 0 Å². The molecule has 0 fully saturated rings. The van der Waals surface area contributed by atoms with Crippen LogP contribution in [0.1, 0.15) is 11.1 Å². The van der Waals surface area contributed by atoms with Crippen LogP contribution >= 0.6 is 0 Å². The molecule has 0 saturated carbocycles. The minimum atomic E-state index is -2.16. The van der Waals surface area contributed by atoms with Gasteiger partial charge in [-0.3, -0.25) is 4.79 Å². The molecule has 0 aliphatic heterocycles. The van der Waals surface area contributed by atoms with Crippen LogP contribution in [0.25, 0.3) is 0 Å². The number of hydrogen-bond donors (Lipinski definition) is 3. The van der Waals surface area contributed by atoms with E-state index in [0.717, 1.165) is 11.1 Å². The molecule has 0 aliphatic rings. The van der Waals surface area contributed by atoms with E-state index in [0.29, 0.717) is 0 Å². The fourth-order valence-corrected chi connectivity index (χ4v) is 2.28. The van der Waals surface area contributed by atoms with E-state index in [-0.39, 0.29) is 13.1 Å². The fraction of sp³-hybridized carbons (Fsp3) is 0.222. The highest BCUT2D eigenvalue weighted by molar-refractivity contribution is 5.87. The first-order chi connectivity index (χ1) is 11.5. The Hall–Kier alpha value is -2.70. The monoisotopic (exact) mass is 329 g/mol. The second-order valence-electron chi connectivity index (χ2n) is 5.39. The van der Waals surface area contributed by atoms with Gasteiger partial charge in [-0.2, -0.15) is 0 Å². The van der Waals surface area contributed by atoms with Gasteiger partial charge in [-0.1, -0.05) is 60.7 Å². The molecular formula is C18H19NO5. The van der Waals surface area contributed by atoms with Gasteiger partial charge in [0.15, 0.2) is 12.2 Å². The predicted molar refractivity (Wildman–Crippen MR) is 86.8 cm³/mol. The molecule has 3 N–H and O–H groups in total. The minimum absolute atomic E-state index is 0.192. The number of aliphatic carboxylic acids is 1. The Labute approximate surface area is 139 Å². The molecule has 2 aromatic rings. The van der Waals surface area contributed by atoms with Crippen LogP contribution in [0.4, 0.5) is 0 Å². The molecule has 0 heterocycles. The number of nitrogens with zero attached hydrogens (tertiary/aromatic N) is 1. The Morgan fingerprint density at radius 2 is 1.21 bits per heavy atom. The van der Waals surface area contributed by atoms with E-state index in [4.69, 9.17) is 5.11 Å². The van der Waals surface area contributed by atoms with Gasteiger partial charge in [0.1, 0.15) is 0 Å². The molecule has 2 aromatic carbocycles. The van der Waals surface area contributed by atoms with Gasteiger partial charge in [0, 0.05) is 13.1 Å². The number of carboxylic acid groups (broad SMARTS) is 1. The summed E-state index contributed by atoms with van der Waals surface area (Å²) in [5.41, 5.74) is 1.66. The van der Waals surface area contributed by atoms with E-state index < -0.39 is 24.1 Å². The largest absolute Gasteiger partial charge is 0.479 e. The van der Waals surface area contributed by atoms with Gasteiger partial charge in [-0.25, -0.2) is 4.79 Å². The van der Waals surface area contributed by atoms with E-state index in [2.05, 4.69) is 0 Å². The summed E-state index contributed by atoms with van der Waals surface area (Å²) in [7, 11) is 0. The highest BCUT2D eigenvalue weighted by atomic mass is 16.4. The van der Waals surface area contributed by atoms with E-state index >= 15 is 0 Å². The Bertz CT molecular complexity index is 633. The lowest BCUT2D eigenvalue weighted by Gasteiger charge is -2.26. The zero-order chi connectivity index (χ0) is 17.5. The molecule has 0 bridgehead atoms. The van der Waals surface area contributed by atoms with E-state index in [1.165, 1.54) is 4.90 Å². The molecule has 2 atom stereocenters. The number of aliphatic hydroxyl groups is 2. The SMILES string of the molecule is O=C(O)[C@@H](O)[C@H](O)C(=O)N(Cc1ccccc1)Cc1ccccc1. The van der Waals surface area contributed by atoms with Crippen molar-refractivity contribution in [1.82, 2.24) is 4.90 Å². The van der Waals surface area contributed by atoms with Crippen LogP contribution in [0.2, 0.25) is 0 Å². The van der Waals surface area contributed by atoms with Gasteiger partial charge in [0.25, 0.3) is 5.91 Å². The maximum atomic E-state index is 12.5. The molecule has 0 aliphatic carbocycles. The zero-order valence-electron chi connectivity index (χ0n) is 12.9. The van der Waals surface area contributed by atoms with Gasteiger partial charge >= 0.3 is 5.97 Å². The van der Waals surface area contributed by atoms with Crippen LogP contribution in [0.3, 0.4) is 0 Å². The molecule has 0 spiro atoms. The summed E-state index contributed by atoms with van der Waals surface area (Å²) < 4.78 is 0. The van der Waals surface area contributed by atoms with Gasteiger partial charge in [-0.05, 0) is 11.1 Å². The van der Waals surface area contributed by atoms with Gasteiger partial charge in [-0.15, -0.1) is 0 Å². The molecule has 126 valence electrons. The Morgan fingerprint density at radius 3 is 1.58 bits per heavy atom. The molecule has 6 nitrogen and oxygen atoms in total. The summed E-state index contributed by atoms with van der Waals surface area (Å²) in [6.45, 7) is 0.385. The number of aliphatic hydroxyl groups excluding tert-OH is 2. The van der Waals surface area contributed by atoms with Crippen molar-refractivity contribution < 1.29 is 24.9 Å². The summed E-state index contributed by atoms with van der Waals surface area (Å²) in [6, 6.07) is 18.3. The second kappa shape index (κ2) is 8.24. The van der Waals surface area contributed by atoms with Crippen LogP contribution in [0.5, 0.6) is 0 Å². The average molecular weight is 329 g/mol. The van der Waals surface area contributed by atoms with Crippen molar-refractivity contribution in [3.63, 3.8) is 0 Å². The first-order valence-corrected chi connectivity index (χ1v) is 7.44. The number of benzene rings is 2. The standard InChI is InChI=1S/C18H19NO5/c20-15(16(21)18(23)24)17(22)19(11-13-7-3-1-4-8-13)12-14-9-5-2-6-10-14/h1-10,15-16,20-21H,11-12H2,(H,23,24)/t15-,16-/m0/s1. The quantitative estimate of drug-likeness (QED) is 0.704. The molecular weight excluding hydrogens is 310 g/mol. The molecule has 0 radical (unpaired) electrons. The van der Waals surface area contributed by atoms with Crippen molar-refractivity contribution in [2.24, 2.45) is 0 Å². The maximum absolute atomic E-state index is 12.5. The number of hydrogen-bond acceptors (Lipinski definition) is 4. The Morgan fingerprint density at radius 1 is 0.792 bits per heavy atom. The van der Waals surface area contributed by atoms with Crippen molar-refractivity contribution in [2.45, 2.75) is 25.3 Å². The third-order valence-electron chi connectivity index (χ3n) is 3.55. The van der Waals surface area contributed by atoms with Crippen molar-refractivity contribution in [2.75, 3.05) is 0 Å². The predicted octanol–water partition coefficient (Wildman–Crippen LogP) is 1.02. The van der Waals surface area contributed by atoms with E-state index in [1.54, 1.807) is 0 Å². The Kier molecular flexibility index (Phi) is 6.06. The lowest BCUT2D eigenvalue weighted by Crippen LogP contribution is -2.47. The molecule has 0 unspecified atom stereocenters. The highest BCUT2D eigenvalue weighted by Crippen LogP contribution is 2.13. The van der Waals surface area contributed by atoms with Crippen molar-refractivity contribution in [1.29, 1.82) is 0 Å². The molecule has 0 aromatic heterocycles. The highest BCUT2D eigenvalue weighted by Gasteiger charge is 2.33. The topological polar surface area (TPSA) is 98.1 Å². The Balaban J connectivity index is 2.21. The summed E-state index contributed by atoms with van der Waals surface area (Å²) in [5, 5.41) is 28.1. The number of amides is 1. The van der Waals surface area contributed by atoms with Crippen LogP contribution in [0.15, 0.2) is 60.7 Å². The van der Waals surface area contributed by atoms with E-state index in [1.807, 2.05) is 60.7 Å². The van der Waals surface area contributed by atoms with Gasteiger partial charge in [0.2, 0.25) is 0 Å². The van der Waals surface area contributed by atoms with Crippen LogP contribution in [0, 0.1) is 0 Å². The van der Waals surface area contributed by atoms with Crippen LogP contribution in [-0.4, -0.2) is 44.3 Å². The fourth-order valence-electron chi connectivity index (χ4n) is 2.28. The number of rotatable bonds is 7. The van der Waals surface area contributed by atoms with Gasteiger partial charge < -0.3 is 20.2 Å². The molecule has 24 heavy (non-hydrogen) atoms. The van der Waals surface area contributed by atoms with Crippen LogP contribution < -0.4 is 0 Å². The normalized spacial score (nSPS) is 13.1. The maximum Gasteiger partial charge on any atom is 0.335 e. The molecule has 2 rings (SSSR count). The van der Waals surface area contributed by atoms with Gasteiger partial charge in [0.05, 0.1) is 0 Å². The first-order valence-electron chi connectivity index (χ1n) is 7.44. The minimum Gasteiger partial charge on any atom is -0.479 e. The lowest BCUT2D eigenvalue weighted by atomic mass is 10.1. The summed E-state index contributed by atoms with van der Waals surface area (Å²) >= 11 is 0. The zero-order valence-corrected chi connectivity index (χ0v) is 12.9. The number of carboxylic acids is 1. The number of carbonyl (C=O) groups excluding carboxylic acids is 1. The third kappa shape index (κ3) is 4.65. The molecule has 6 heteroatoms. The average Bonchev–Trinajstić information content (AvgIpc) is 2.61. The van der Waals surface area contributed by atoms with Crippen molar-refractivity contribution in [3.05, 3.63) is 71.8 Å². The lowest BCUT2D eigenvalue weighted by molar-refractivity contribution is -0.162. The molecule has 1 amide bonds. The van der Waals surface area contributed by atoms with Crippen LogP contribution in [-0.2, 0) is 22.7 Å². The molecule has 0 saturated heterocycles. The van der Waals surface area contributed by atoms with Crippen molar-refractivity contribution >= 4 is 11.9 Å². The first kappa shape index (κ1) is 17.7. The second-order valence-corrected chi connectivity index (χ2v) is 5.39. The summed E-state index contributed by atoms with van der Waals surface area (Å²) in [4.78, 5) is 24.6. The van der Waals surface area contributed by atoms with E-state index in [9.17, 15) is 19.8 Å². The smallest absolute Gasteiger partial charge is 0.335 e. The summed E-state index contributed by atoms with van der Waals surface area (Å²) in [6.07, 6.45) is -4.18.